The second-order valence-corrected chi connectivity index (χ2v) is 10.6. The van der Waals surface area contributed by atoms with Crippen LogP contribution in [-0.4, -0.2) is 51.5 Å². The van der Waals surface area contributed by atoms with Gasteiger partial charge in [-0.25, -0.2) is 8.42 Å². The second kappa shape index (κ2) is 4.99. The first-order valence-electron chi connectivity index (χ1n) is 5.40. The Morgan fingerprint density at radius 2 is 1.94 bits per heavy atom. The van der Waals surface area contributed by atoms with E-state index in [1.54, 1.807) is 0 Å². The summed E-state index contributed by atoms with van der Waals surface area (Å²) in [6.07, 6.45) is 0. The summed E-state index contributed by atoms with van der Waals surface area (Å²) in [5.74, 6) is 0.336. The third-order valence-corrected chi connectivity index (χ3v) is 11.5. The summed E-state index contributed by atoms with van der Waals surface area (Å²) in [4.78, 5) is 2.39. The van der Waals surface area contributed by atoms with Gasteiger partial charge in [0.1, 0.15) is 8.87 Å². The number of nitrogens with zero attached hydrogens (tertiary/aromatic N) is 1. The van der Waals surface area contributed by atoms with Crippen molar-refractivity contribution in [3.05, 3.63) is 0 Å². The molecule has 3 nitrogen and oxygen atoms in total. The predicted molar refractivity (Wildman–Crippen MR) is 76.0 cm³/mol. The Morgan fingerprint density at radius 3 is 2.44 bits per heavy atom. The smallest absolute Gasteiger partial charge is 0.165 e. The standard InChI is InChI=1S/C9H16BrNO2S3/c1-3-11(4-2)9-14-6-5-16(12,13)8(10)7(6)15-9/h6-9H,3-5H2,1-2H3. The van der Waals surface area contributed by atoms with E-state index < -0.39 is 9.84 Å². The van der Waals surface area contributed by atoms with Crippen molar-refractivity contribution in [1.82, 2.24) is 4.90 Å². The molecular weight excluding hydrogens is 330 g/mol. The lowest BCUT2D eigenvalue weighted by Crippen LogP contribution is -2.30. The Labute approximate surface area is 114 Å². The van der Waals surface area contributed by atoms with Gasteiger partial charge in [-0.1, -0.05) is 29.8 Å². The van der Waals surface area contributed by atoms with Gasteiger partial charge < -0.3 is 0 Å². The normalized spacial score (nSPS) is 41.5. The van der Waals surface area contributed by atoms with Crippen molar-refractivity contribution in [1.29, 1.82) is 0 Å². The molecule has 2 aliphatic heterocycles. The van der Waals surface area contributed by atoms with Crippen LogP contribution in [0.1, 0.15) is 13.8 Å². The second-order valence-electron chi connectivity index (χ2n) is 3.98. The topological polar surface area (TPSA) is 37.4 Å². The third kappa shape index (κ3) is 2.30. The zero-order valence-electron chi connectivity index (χ0n) is 9.30. The highest BCUT2D eigenvalue weighted by molar-refractivity contribution is 9.11. The van der Waals surface area contributed by atoms with Crippen LogP contribution in [0.5, 0.6) is 0 Å². The zero-order valence-corrected chi connectivity index (χ0v) is 13.3. The highest BCUT2D eigenvalue weighted by atomic mass is 79.9. The van der Waals surface area contributed by atoms with E-state index >= 15 is 0 Å². The minimum absolute atomic E-state index is 0.223. The molecule has 2 heterocycles. The van der Waals surface area contributed by atoms with Crippen LogP contribution in [0.2, 0.25) is 0 Å². The molecular formula is C9H16BrNO2S3. The molecule has 7 heteroatoms. The zero-order chi connectivity index (χ0) is 11.9. The summed E-state index contributed by atoms with van der Waals surface area (Å²) >= 11 is 6.98. The van der Waals surface area contributed by atoms with Gasteiger partial charge in [-0.15, -0.1) is 23.5 Å². The molecule has 2 aliphatic rings. The molecule has 0 bridgehead atoms. The molecule has 2 fully saturated rings. The number of hydrogen-bond donors (Lipinski definition) is 0. The fourth-order valence-corrected chi connectivity index (χ4v) is 10.4. The van der Waals surface area contributed by atoms with Crippen LogP contribution in [0.15, 0.2) is 0 Å². The summed E-state index contributed by atoms with van der Waals surface area (Å²) in [5, 5.41) is 0.491. The SMILES string of the molecule is CCN(CC)C1SC2CS(=O)(=O)C(Br)C2S1. The van der Waals surface area contributed by atoms with Crippen LogP contribution in [0.25, 0.3) is 0 Å². The highest BCUT2D eigenvalue weighted by Crippen LogP contribution is 2.52. The van der Waals surface area contributed by atoms with E-state index in [-0.39, 0.29) is 14.7 Å². The van der Waals surface area contributed by atoms with Gasteiger partial charge in [0.2, 0.25) is 0 Å². The maximum Gasteiger partial charge on any atom is 0.165 e. The number of alkyl halides is 1. The minimum atomic E-state index is -2.89. The van der Waals surface area contributed by atoms with Gasteiger partial charge in [0.25, 0.3) is 0 Å². The molecule has 4 atom stereocenters. The van der Waals surface area contributed by atoms with E-state index in [0.717, 1.165) is 13.1 Å². The van der Waals surface area contributed by atoms with Gasteiger partial charge >= 0.3 is 0 Å². The van der Waals surface area contributed by atoms with Crippen molar-refractivity contribution in [3.8, 4) is 0 Å². The van der Waals surface area contributed by atoms with Gasteiger partial charge in [-0.05, 0) is 13.1 Å². The Hall–Kier alpha value is 1.09. The molecule has 0 amide bonds. The van der Waals surface area contributed by atoms with Crippen LogP contribution in [0, 0.1) is 0 Å². The first-order chi connectivity index (χ1) is 7.49. The molecule has 0 N–H and O–H groups in total. The van der Waals surface area contributed by atoms with E-state index in [0.29, 0.717) is 10.5 Å². The minimum Gasteiger partial charge on any atom is -0.284 e. The fourth-order valence-electron chi connectivity index (χ4n) is 2.06. The van der Waals surface area contributed by atoms with E-state index in [1.165, 1.54) is 0 Å². The largest absolute Gasteiger partial charge is 0.284 e. The van der Waals surface area contributed by atoms with Crippen molar-refractivity contribution in [2.75, 3.05) is 18.8 Å². The van der Waals surface area contributed by atoms with E-state index in [2.05, 4.69) is 34.7 Å². The molecule has 2 saturated heterocycles. The van der Waals surface area contributed by atoms with Gasteiger partial charge in [0, 0.05) is 10.5 Å². The fraction of sp³-hybridized carbons (Fsp3) is 1.00. The number of hydrogen-bond acceptors (Lipinski definition) is 5. The lowest BCUT2D eigenvalue weighted by atomic mass is 10.4. The summed E-state index contributed by atoms with van der Waals surface area (Å²) < 4.78 is 23.5. The van der Waals surface area contributed by atoms with Gasteiger partial charge in [0.15, 0.2) is 9.84 Å². The number of halogens is 1. The molecule has 0 radical (unpaired) electrons. The van der Waals surface area contributed by atoms with Crippen LogP contribution >= 0.6 is 39.5 Å². The Balaban J connectivity index is 2.07. The van der Waals surface area contributed by atoms with Crippen LogP contribution in [-0.2, 0) is 9.84 Å². The maximum atomic E-state index is 11.7. The van der Waals surface area contributed by atoms with E-state index in [1.807, 2.05) is 23.5 Å². The molecule has 0 aromatic heterocycles. The Bertz CT molecular complexity index is 358. The number of fused-ring (bicyclic) bond motifs is 1. The van der Waals surface area contributed by atoms with Gasteiger partial charge in [-0.2, -0.15) is 0 Å². The molecule has 16 heavy (non-hydrogen) atoms. The van der Waals surface area contributed by atoms with Crippen molar-refractivity contribution in [2.45, 2.75) is 33.2 Å². The number of rotatable bonds is 3. The van der Waals surface area contributed by atoms with Crippen LogP contribution in [0.3, 0.4) is 0 Å². The molecule has 0 aromatic rings. The first kappa shape index (κ1) is 13.5. The molecule has 0 aromatic carbocycles. The predicted octanol–water partition coefficient (Wildman–Crippen LogP) is 1.98. The van der Waals surface area contributed by atoms with Crippen molar-refractivity contribution >= 4 is 49.3 Å². The van der Waals surface area contributed by atoms with E-state index in [4.69, 9.17) is 0 Å². The van der Waals surface area contributed by atoms with Crippen molar-refractivity contribution in [2.24, 2.45) is 0 Å². The average molecular weight is 346 g/mol. The summed E-state index contributed by atoms with van der Waals surface area (Å²) in [7, 11) is -2.89. The third-order valence-electron chi connectivity index (χ3n) is 3.04. The molecule has 0 saturated carbocycles. The molecule has 4 unspecified atom stereocenters. The first-order valence-corrected chi connectivity index (χ1v) is 9.92. The quantitative estimate of drug-likeness (QED) is 0.731. The summed E-state index contributed by atoms with van der Waals surface area (Å²) in [5.41, 5.74) is 0. The average Bonchev–Trinajstić information content (AvgIpc) is 2.69. The monoisotopic (exact) mass is 345 g/mol. The van der Waals surface area contributed by atoms with Crippen LogP contribution < -0.4 is 0 Å². The van der Waals surface area contributed by atoms with E-state index in [9.17, 15) is 8.42 Å². The molecule has 0 spiro atoms. The Morgan fingerprint density at radius 1 is 1.31 bits per heavy atom. The Kier molecular flexibility index (Phi) is 4.22. The lowest BCUT2D eigenvalue weighted by molar-refractivity contribution is 0.340. The van der Waals surface area contributed by atoms with Crippen molar-refractivity contribution in [3.63, 3.8) is 0 Å². The van der Waals surface area contributed by atoms with Crippen LogP contribution in [0.4, 0.5) is 0 Å². The molecule has 2 rings (SSSR count). The molecule has 94 valence electrons. The number of sulfone groups is 1. The van der Waals surface area contributed by atoms with Crippen molar-refractivity contribution < 1.29 is 8.42 Å². The maximum absolute atomic E-state index is 11.7. The number of thioether (sulfide) groups is 2. The summed E-state index contributed by atoms with van der Waals surface area (Å²) in [6, 6.07) is 0. The van der Waals surface area contributed by atoms with Gasteiger partial charge in [0.05, 0.1) is 5.75 Å². The highest BCUT2D eigenvalue weighted by Gasteiger charge is 2.52. The molecule has 0 aliphatic carbocycles. The summed E-state index contributed by atoms with van der Waals surface area (Å²) in [6.45, 7) is 6.36. The lowest BCUT2D eigenvalue weighted by Gasteiger charge is -2.25. The van der Waals surface area contributed by atoms with Gasteiger partial charge in [-0.3, -0.25) is 4.90 Å².